The maximum Gasteiger partial charge on any atom is 0.338 e. The number of methoxy groups -OCH3 is 2. The standard InChI is InChI=1S/C36H53NO11/c1-20(14-26-19-46-24(5)37-26)10-9-11-21(2)33(45-8)23(4)29-18-31(40)36(6,43)13-12-27(38)22(3)28(39)15-25(17-32(41)44-7)16-30-34(47-30)35(42)48-29/h9-14,19,22-23,25,27-31,33-34,38-40,43H,15-18H2,1-8H3/b10-9+,13-12+,20-14+,21-11+/t22-,23+,25+,27+,28-,29+,30+,31+,33+,34-,36+/m1/s1. The Morgan fingerprint density at radius 3 is 2.52 bits per heavy atom. The number of nitrogens with zero attached hydrogens (tertiary/aromatic N) is 1. The van der Waals surface area contributed by atoms with Gasteiger partial charge in [-0.3, -0.25) is 4.79 Å². The normalized spacial score (nSPS) is 34.6. The van der Waals surface area contributed by atoms with Gasteiger partial charge in [-0.25, -0.2) is 9.78 Å². The molecule has 2 aliphatic heterocycles. The molecule has 3 rings (SSSR count). The highest BCUT2D eigenvalue weighted by molar-refractivity contribution is 5.78. The molecule has 1 aromatic rings. The van der Waals surface area contributed by atoms with Gasteiger partial charge in [-0.15, -0.1) is 0 Å². The van der Waals surface area contributed by atoms with Crippen LogP contribution in [0.3, 0.4) is 0 Å². The number of aryl methyl sites for hydroxylation is 1. The highest BCUT2D eigenvalue weighted by Crippen LogP contribution is 2.36. The van der Waals surface area contributed by atoms with E-state index < -0.39 is 78.0 Å². The fraction of sp³-hybridized carbons (Fsp3) is 0.639. The molecule has 12 nitrogen and oxygen atoms in total. The van der Waals surface area contributed by atoms with Crippen LogP contribution in [0, 0.1) is 24.7 Å². The monoisotopic (exact) mass is 675 g/mol. The third kappa shape index (κ3) is 11.2. The van der Waals surface area contributed by atoms with Gasteiger partial charge in [-0.05, 0) is 56.8 Å². The first-order chi connectivity index (χ1) is 22.6. The molecule has 0 radical (unpaired) electrons. The number of cyclic esters (lactones) is 1. The van der Waals surface area contributed by atoms with Crippen LogP contribution in [0.25, 0.3) is 6.08 Å². The van der Waals surface area contributed by atoms with E-state index in [0.717, 1.165) is 11.1 Å². The van der Waals surface area contributed by atoms with Gasteiger partial charge in [0.1, 0.15) is 23.7 Å². The topological polar surface area (TPSA) is 181 Å². The van der Waals surface area contributed by atoms with Gasteiger partial charge in [-0.1, -0.05) is 44.2 Å². The summed E-state index contributed by atoms with van der Waals surface area (Å²) in [5.41, 5.74) is 0.674. The Balaban J connectivity index is 1.87. The minimum absolute atomic E-state index is 0.000810. The lowest BCUT2D eigenvalue weighted by atomic mass is 9.84. The lowest BCUT2D eigenvalue weighted by Crippen LogP contribution is -2.45. The minimum atomic E-state index is -1.82. The lowest BCUT2D eigenvalue weighted by molar-refractivity contribution is -0.159. The van der Waals surface area contributed by atoms with Crippen molar-refractivity contribution in [2.45, 2.75) is 116 Å². The van der Waals surface area contributed by atoms with Crippen molar-refractivity contribution in [1.29, 1.82) is 0 Å². The second-order valence-corrected chi connectivity index (χ2v) is 13.4. The third-order valence-corrected chi connectivity index (χ3v) is 9.31. The summed E-state index contributed by atoms with van der Waals surface area (Å²) < 4.78 is 27.6. The summed E-state index contributed by atoms with van der Waals surface area (Å²) in [5.74, 6) is -2.04. The first kappa shape index (κ1) is 39.3. The zero-order chi connectivity index (χ0) is 35.8. The van der Waals surface area contributed by atoms with Crippen LogP contribution in [0.4, 0.5) is 0 Å². The number of hydrogen-bond donors (Lipinski definition) is 4. The summed E-state index contributed by atoms with van der Waals surface area (Å²) in [6.07, 6.45) is 5.62. The number of aliphatic hydroxyl groups is 4. The second kappa shape index (κ2) is 17.5. The van der Waals surface area contributed by atoms with Crippen molar-refractivity contribution in [2.75, 3.05) is 14.2 Å². The molecule has 48 heavy (non-hydrogen) atoms. The Hall–Kier alpha value is -3.13. The van der Waals surface area contributed by atoms with Crippen LogP contribution >= 0.6 is 0 Å². The van der Waals surface area contributed by atoms with E-state index in [4.69, 9.17) is 23.4 Å². The molecule has 0 aromatic carbocycles. The molecule has 2 aliphatic rings. The van der Waals surface area contributed by atoms with Gasteiger partial charge in [0, 0.05) is 38.7 Å². The number of allylic oxidation sites excluding steroid dienone is 4. The number of epoxide rings is 1. The van der Waals surface area contributed by atoms with E-state index in [1.807, 2.05) is 45.1 Å². The first-order valence-corrected chi connectivity index (χ1v) is 16.4. The molecule has 1 saturated heterocycles. The number of aromatic nitrogens is 1. The number of oxazole rings is 1. The molecule has 0 saturated carbocycles. The van der Waals surface area contributed by atoms with E-state index in [-0.39, 0.29) is 19.3 Å². The summed E-state index contributed by atoms with van der Waals surface area (Å²) in [7, 11) is 2.83. The lowest BCUT2D eigenvalue weighted by Gasteiger charge is -2.35. The van der Waals surface area contributed by atoms with E-state index >= 15 is 0 Å². The van der Waals surface area contributed by atoms with Crippen molar-refractivity contribution in [3.63, 3.8) is 0 Å². The van der Waals surface area contributed by atoms with E-state index in [2.05, 4.69) is 4.98 Å². The molecule has 0 spiro atoms. The summed E-state index contributed by atoms with van der Waals surface area (Å²) >= 11 is 0. The summed E-state index contributed by atoms with van der Waals surface area (Å²) in [6.45, 7) is 10.5. The summed E-state index contributed by atoms with van der Waals surface area (Å²) in [5, 5.41) is 44.1. The van der Waals surface area contributed by atoms with E-state index in [9.17, 15) is 30.0 Å². The molecule has 4 N–H and O–H groups in total. The molecular formula is C36H53NO11. The number of fused-ring (bicyclic) bond motifs is 1. The van der Waals surface area contributed by atoms with Crippen LogP contribution in [0.15, 0.2) is 52.2 Å². The molecule has 268 valence electrons. The van der Waals surface area contributed by atoms with Crippen molar-refractivity contribution < 1.29 is 53.4 Å². The zero-order valence-electron chi connectivity index (χ0n) is 29.2. The number of esters is 2. The Morgan fingerprint density at radius 1 is 1.19 bits per heavy atom. The predicted octanol–water partition coefficient (Wildman–Crippen LogP) is 3.61. The SMILES string of the molecule is COC(=O)C[C@H]1C[C@@H](O)[C@H](C)[C@@H](O)/C=C/[C@](C)(O)[C@@H](O)C[C@@H]([C@H](C)[C@@H](OC)/C(C)=C/C=C/C(C)=C/c2coc(C)n2)OC(=O)[C@@H]2O[C@H]2C1. The number of carbonyl (C=O) groups excluding carboxylic acids is 2. The van der Waals surface area contributed by atoms with E-state index in [0.29, 0.717) is 18.0 Å². The van der Waals surface area contributed by atoms with Crippen molar-refractivity contribution in [3.8, 4) is 0 Å². The first-order valence-electron chi connectivity index (χ1n) is 16.4. The Morgan fingerprint density at radius 2 is 1.90 bits per heavy atom. The highest BCUT2D eigenvalue weighted by atomic mass is 16.6. The average Bonchev–Trinajstić information content (AvgIpc) is 3.68. The van der Waals surface area contributed by atoms with Crippen molar-refractivity contribution in [2.24, 2.45) is 17.8 Å². The van der Waals surface area contributed by atoms with Gasteiger partial charge in [0.2, 0.25) is 0 Å². The number of hydrogen-bond acceptors (Lipinski definition) is 12. The Bertz CT molecular complexity index is 1340. The molecule has 3 heterocycles. The third-order valence-electron chi connectivity index (χ3n) is 9.31. The van der Waals surface area contributed by atoms with Crippen LogP contribution in [-0.4, -0.2) is 99.9 Å². The Kier molecular flexibility index (Phi) is 14.3. The number of rotatable bonds is 9. The van der Waals surface area contributed by atoms with E-state index in [1.54, 1.807) is 27.2 Å². The largest absolute Gasteiger partial charge is 0.469 e. The highest BCUT2D eigenvalue weighted by Gasteiger charge is 2.49. The zero-order valence-corrected chi connectivity index (χ0v) is 29.2. The fourth-order valence-electron chi connectivity index (χ4n) is 6.03. The van der Waals surface area contributed by atoms with Crippen LogP contribution in [0.5, 0.6) is 0 Å². The van der Waals surface area contributed by atoms with E-state index in [1.165, 1.54) is 26.2 Å². The second-order valence-electron chi connectivity index (χ2n) is 13.4. The quantitative estimate of drug-likeness (QED) is 0.129. The van der Waals surface area contributed by atoms with Gasteiger partial charge in [-0.2, -0.15) is 0 Å². The van der Waals surface area contributed by atoms with Crippen LogP contribution in [-0.2, 0) is 28.5 Å². The molecule has 0 bridgehead atoms. The van der Waals surface area contributed by atoms with Gasteiger partial charge in [0.05, 0.1) is 37.6 Å². The van der Waals surface area contributed by atoms with Crippen molar-refractivity contribution >= 4 is 18.0 Å². The van der Waals surface area contributed by atoms with Gasteiger partial charge in [0.15, 0.2) is 12.0 Å². The van der Waals surface area contributed by atoms with Crippen molar-refractivity contribution in [3.05, 3.63) is 59.4 Å². The summed E-state index contributed by atoms with van der Waals surface area (Å²) in [4.78, 5) is 29.8. The van der Waals surface area contributed by atoms with Crippen LogP contribution < -0.4 is 0 Å². The van der Waals surface area contributed by atoms with Crippen LogP contribution in [0.2, 0.25) is 0 Å². The van der Waals surface area contributed by atoms with Crippen molar-refractivity contribution in [1.82, 2.24) is 4.98 Å². The molecule has 11 atom stereocenters. The fourth-order valence-corrected chi connectivity index (χ4v) is 6.03. The number of ether oxygens (including phenoxy) is 4. The predicted molar refractivity (Wildman–Crippen MR) is 177 cm³/mol. The summed E-state index contributed by atoms with van der Waals surface area (Å²) in [6, 6.07) is 0. The number of carbonyl (C=O) groups is 2. The molecular weight excluding hydrogens is 622 g/mol. The average molecular weight is 676 g/mol. The maximum absolute atomic E-state index is 13.4. The number of aliphatic hydroxyl groups excluding tert-OH is 3. The molecule has 0 unspecified atom stereocenters. The van der Waals surface area contributed by atoms with Gasteiger partial charge in [0.25, 0.3) is 0 Å². The molecule has 12 heteroatoms. The molecule has 0 amide bonds. The van der Waals surface area contributed by atoms with Gasteiger partial charge < -0.3 is 43.8 Å². The maximum atomic E-state index is 13.4. The van der Waals surface area contributed by atoms with Gasteiger partial charge >= 0.3 is 11.9 Å². The van der Waals surface area contributed by atoms with Crippen LogP contribution in [0.1, 0.15) is 71.9 Å². The molecule has 0 aliphatic carbocycles. The Labute approximate surface area is 283 Å². The smallest absolute Gasteiger partial charge is 0.338 e. The molecule has 1 aromatic heterocycles. The minimum Gasteiger partial charge on any atom is -0.469 e. The molecule has 1 fully saturated rings.